The molecule has 0 saturated heterocycles. The van der Waals surface area contributed by atoms with E-state index in [9.17, 15) is 0 Å². The Hall–Kier alpha value is -1.55. The van der Waals surface area contributed by atoms with Crippen LogP contribution in [0.5, 0.6) is 11.5 Å². The molecule has 0 bridgehead atoms. The van der Waals surface area contributed by atoms with Crippen molar-refractivity contribution in [3.63, 3.8) is 0 Å². The molecule has 3 nitrogen and oxygen atoms in total. The van der Waals surface area contributed by atoms with Crippen LogP contribution in [-0.4, -0.2) is 18.2 Å². The van der Waals surface area contributed by atoms with E-state index < -0.39 is 0 Å². The predicted molar refractivity (Wildman–Crippen MR) is 70.5 cm³/mol. The normalized spacial score (nSPS) is 17.8. The van der Waals surface area contributed by atoms with Crippen LogP contribution in [0.15, 0.2) is 23.6 Å². The van der Waals surface area contributed by atoms with E-state index in [0.717, 1.165) is 28.7 Å². The van der Waals surface area contributed by atoms with Gasteiger partial charge in [0.05, 0.1) is 10.7 Å². The average Bonchev–Trinajstić information content (AvgIpc) is 3.16. The van der Waals surface area contributed by atoms with E-state index in [0.29, 0.717) is 13.2 Å². The summed E-state index contributed by atoms with van der Waals surface area (Å²) in [5, 5.41) is 3.42. The van der Waals surface area contributed by atoms with Gasteiger partial charge in [0.1, 0.15) is 13.2 Å². The maximum absolute atomic E-state index is 5.60. The Balaban J connectivity index is 1.70. The summed E-state index contributed by atoms with van der Waals surface area (Å²) in [7, 11) is 0. The van der Waals surface area contributed by atoms with E-state index in [-0.39, 0.29) is 0 Å². The third-order valence-corrected chi connectivity index (χ3v) is 4.29. The summed E-state index contributed by atoms with van der Waals surface area (Å²) in [6.45, 7) is 1.26. The minimum absolute atomic E-state index is 0.626. The summed E-state index contributed by atoms with van der Waals surface area (Å²) in [4.78, 5) is 4.71. The van der Waals surface area contributed by atoms with Gasteiger partial charge in [0, 0.05) is 16.9 Å². The van der Waals surface area contributed by atoms with Gasteiger partial charge in [0.15, 0.2) is 11.5 Å². The number of rotatable bonds is 2. The fourth-order valence-electron chi connectivity index (χ4n) is 2.14. The molecular formula is C14H13NO2S. The lowest BCUT2D eigenvalue weighted by Crippen LogP contribution is -2.15. The number of thiazole rings is 1. The molecular weight excluding hydrogens is 246 g/mol. The number of hydrogen-bond donors (Lipinski definition) is 0. The SMILES string of the molecule is c1cc2c(cc1-c1csc(C3CC3)n1)OCCO2. The van der Waals surface area contributed by atoms with Crippen molar-refractivity contribution in [3.05, 3.63) is 28.6 Å². The van der Waals surface area contributed by atoms with Crippen LogP contribution in [0.2, 0.25) is 0 Å². The highest BCUT2D eigenvalue weighted by atomic mass is 32.1. The van der Waals surface area contributed by atoms with Gasteiger partial charge in [-0.1, -0.05) is 0 Å². The van der Waals surface area contributed by atoms with Crippen LogP contribution in [0.4, 0.5) is 0 Å². The summed E-state index contributed by atoms with van der Waals surface area (Å²) < 4.78 is 11.1. The van der Waals surface area contributed by atoms with Crippen LogP contribution < -0.4 is 9.47 Å². The van der Waals surface area contributed by atoms with Gasteiger partial charge in [0.25, 0.3) is 0 Å². The highest BCUT2D eigenvalue weighted by Crippen LogP contribution is 2.43. The molecule has 0 amide bonds. The van der Waals surface area contributed by atoms with Crippen molar-refractivity contribution in [2.75, 3.05) is 13.2 Å². The minimum atomic E-state index is 0.626. The minimum Gasteiger partial charge on any atom is -0.486 e. The van der Waals surface area contributed by atoms with Crippen LogP contribution >= 0.6 is 11.3 Å². The van der Waals surface area contributed by atoms with Crippen LogP contribution in [0, 0.1) is 0 Å². The molecule has 2 aromatic rings. The highest BCUT2D eigenvalue weighted by Gasteiger charge is 2.26. The first-order valence-corrected chi connectivity index (χ1v) is 7.13. The van der Waals surface area contributed by atoms with Gasteiger partial charge in [0.2, 0.25) is 0 Å². The monoisotopic (exact) mass is 259 g/mol. The van der Waals surface area contributed by atoms with Gasteiger partial charge in [-0.15, -0.1) is 11.3 Å². The molecule has 1 saturated carbocycles. The molecule has 4 heteroatoms. The smallest absolute Gasteiger partial charge is 0.162 e. The van der Waals surface area contributed by atoms with Crippen LogP contribution in [0.1, 0.15) is 23.8 Å². The molecule has 18 heavy (non-hydrogen) atoms. The van der Waals surface area contributed by atoms with Crippen molar-refractivity contribution in [3.8, 4) is 22.8 Å². The Morgan fingerprint density at radius 2 is 1.94 bits per heavy atom. The third kappa shape index (κ3) is 1.77. The van der Waals surface area contributed by atoms with Gasteiger partial charge < -0.3 is 9.47 Å². The molecule has 4 rings (SSSR count). The zero-order valence-corrected chi connectivity index (χ0v) is 10.7. The van der Waals surface area contributed by atoms with E-state index in [1.807, 2.05) is 12.1 Å². The van der Waals surface area contributed by atoms with Crippen LogP contribution in [0.3, 0.4) is 0 Å². The van der Waals surface area contributed by atoms with Crippen molar-refractivity contribution in [1.82, 2.24) is 4.98 Å². The zero-order chi connectivity index (χ0) is 11.9. The van der Waals surface area contributed by atoms with Crippen molar-refractivity contribution < 1.29 is 9.47 Å². The first kappa shape index (κ1) is 10.4. The lowest BCUT2D eigenvalue weighted by molar-refractivity contribution is 0.171. The van der Waals surface area contributed by atoms with Gasteiger partial charge in [-0.05, 0) is 31.0 Å². The van der Waals surface area contributed by atoms with Crippen molar-refractivity contribution in [2.24, 2.45) is 0 Å². The number of nitrogens with zero attached hydrogens (tertiary/aromatic N) is 1. The Bertz CT molecular complexity index is 589. The van der Waals surface area contributed by atoms with E-state index in [1.54, 1.807) is 11.3 Å². The fourth-order valence-corrected chi connectivity index (χ4v) is 3.14. The molecule has 1 aliphatic heterocycles. The molecule has 92 valence electrons. The maximum atomic E-state index is 5.60. The first-order valence-electron chi connectivity index (χ1n) is 6.25. The summed E-state index contributed by atoms with van der Waals surface area (Å²) in [6, 6.07) is 6.06. The summed E-state index contributed by atoms with van der Waals surface area (Å²) in [5.41, 5.74) is 2.17. The molecule has 1 aromatic carbocycles. The number of fused-ring (bicyclic) bond motifs is 1. The quantitative estimate of drug-likeness (QED) is 0.827. The van der Waals surface area contributed by atoms with Gasteiger partial charge in [-0.2, -0.15) is 0 Å². The van der Waals surface area contributed by atoms with Crippen LogP contribution in [0.25, 0.3) is 11.3 Å². The van der Waals surface area contributed by atoms with E-state index in [4.69, 9.17) is 14.5 Å². The van der Waals surface area contributed by atoms with E-state index in [2.05, 4.69) is 11.4 Å². The molecule has 0 spiro atoms. The first-order chi connectivity index (χ1) is 8.90. The second kappa shape index (κ2) is 3.99. The predicted octanol–water partition coefficient (Wildman–Crippen LogP) is 3.46. The number of benzene rings is 1. The largest absolute Gasteiger partial charge is 0.486 e. The topological polar surface area (TPSA) is 31.4 Å². The third-order valence-electron chi connectivity index (χ3n) is 3.29. The number of hydrogen-bond acceptors (Lipinski definition) is 4. The lowest BCUT2D eigenvalue weighted by atomic mass is 10.1. The summed E-state index contributed by atoms with van der Waals surface area (Å²) in [6.07, 6.45) is 2.60. The molecule has 2 aliphatic rings. The molecule has 0 atom stereocenters. The fraction of sp³-hybridized carbons (Fsp3) is 0.357. The number of ether oxygens (including phenoxy) is 2. The lowest BCUT2D eigenvalue weighted by Gasteiger charge is -2.18. The standard InChI is InChI=1S/C14H13NO2S/c1-2-9(1)14-15-11(8-18-14)10-3-4-12-13(7-10)17-6-5-16-12/h3-4,7-9H,1-2,5-6H2. The highest BCUT2D eigenvalue weighted by molar-refractivity contribution is 7.10. The molecule has 2 heterocycles. The Kier molecular flexibility index (Phi) is 2.30. The molecule has 1 fully saturated rings. The van der Waals surface area contributed by atoms with Gasteiger partial charge >= 0.3 is 0 Å². The van der Waals surface area contributed by atoms with Crippen molar-refractivity contribution >= 4 is 11.3 Å². The summed E-state index contributed by atoms with van der Waals surface area (Å²) >= 11 is 1.77. The Labute approximate surface area is 109 Å². The molecule has 1 aliphatic carbocycles. The molecule has 0 unspecified atom stereocenters. The van der Waals surface area contributed by atoms with Gasteiger partial charge in [-0.3, -0.25) is 0 Å². The number of aromatic nitrogens is 1. The Morgan fingerprint density at radius 1 is 1.11 bits per heavy atom. The van der Waals surface area contributed by atoms with Crippen LogP contribution in [-0.2, 0) is 0 Å². The Morgan fingerprint density at radius 3 is 2.78 bits per heavy atom. The van der Waals surface area contributed by atoms with Crippen molar-refractivity contribution in [2.45, 2.75) is 18.8 Å². The van der Waals surface area contributed by atoms with E-state index in [1.165, 1.54) is 17.8 Å². The average molecular weight is 259 g/mol. The summed E-state index contributed by atoms with van der Waals surface area (Å²) in [5.74, 6) is 2.39. The van der Waals surface area contributed by atoms with Gasteiger partial charge in [-0.25, -0.2) is 4.98 Å². The second-order valence-corrected chi connectivity index (χ2v) is 5.59. The second-order valence-electron chi connectivity index (χ2n) is 4.70. The zero-order valence-electron chi connectivity index (χ0n) is 9.89. The van der Waals surface area contributed by atoms with E-state index >= 15 is 0 Å². The maximum Gasteiger partial charge on any atom is 0.162 e. The molecule has 0 radical (unpaired) electrons. The molecule has 1 aromatic heterocycles. The van der Waals surface area contributed by atoms with Crippen molar-refractivity contribution in [1.29, 1.82) is 0 Å². The molecule has 0 N–H and O–H groups in total.